The highest BCUT2D eigenvalue weighted by Gasteiger charge is 2.51. The molecule has 5 atom stereocenters. The number of benzene rings is 2. The van der Waals surface area contributed by atoms with E-state index in [0.717, 1.165) is 0 Å². The first-order valence-electron chi connectivity index (χ1n) is 19.4. The van der Waals surface area contributed by atoms with E-state index in [9.17, 15) is 33.6 Å². The van der Waals surface area contributed by atoms with Crippen molar-refractivity contribution in [3.05, 3.63) is 119 Å². The molecule has 2 heterocycles. The largest absolute Gasteiger partial charge is 0.443 e. The molecule has 0 saturated carbocycles. The summed E-state index contributed by atoms with van der Waals surface area (Å²) in [7, 11) is 0. The normalized spacial score (nSPS) is 14.1. The summed E-state index contributed by atoms with van der Waals surface area (Å²) < 4.78 is 37.5. The Morgan fingerprint density at radius 3 is 1.95 bits per heavy atom. The van der Waals surface area contributed by atoms with Gasteiger partial charge in [0.1, 0.15) is 17.3 Å². The maximum atomic E-state index is 16.0. The highest BCUT2D eigenvalue weighted by molar-refractivity contribution is 6.25. The van der Waals surface area contributed by atoms with Gasteiger partial charge in [0.05, 0.1) is 30.0 Å². The number of ether oxygens (including phenoxy) is 1. The minimum Gasteiger partial charge on any atom is -0.443 e. The van der Waals surface area contributed by atoms with Crippen LogP contribution >= 0.6 is 0 Å². The summed E-state index contributed by atoms with van der Waals surface area (Å²) >= 11 is 0. The number of halogens is 2. The maximum absolute atomic E-state index is 16.0. The standard InChI is InChI=1S/C43H50F2N8O8/c1-6-24(2)33(48)35(54)32-28(36(55)43(44,45)37(56)29(46)19-25-13-9-7-10-14-25)17-18-50-34(32)40(59)53(41(60)61-42(3,4)5)39(58)31(21-27-22-49-23-51-27)52-38(57)30(47)20-26-15-11-8-12-16-26/h7-18,22-24,29-31,33H,6,19-21,46-48H2,1-5H3,(H,49,51)(H,52,57)/t24-,29?,30-,31-,33-/m0/s1. The lowest BCUT2D eigenvalue weighted by molar-refractivity contribution is -0.138. The number of rotatable bonds is 18. The average Bonchev–Trinajstić information content (AvgIpc) is 3.74. The summed E-state index contributed by atoms with van der Waals surface area (Å²) in [5, 5.41) is 2.47. The molecule has 2 aromatic heterocycles. The summed E-state index contributed by atoms with van der Waals surface area (Å²) in [5.41, 5.74) is 15.0. The molecule has 0 fully saturated rings. The van der Waals surface area contributed by atoms with Crippen LogP contribution in [-0.2, 0) is 38.4 Å². The molecule has 4 aromatic rings. The van der Waals surface area contributed by atoms with Crippen molar-refractivity contribution in [1.82, 2.24) is 25.2 Å². The van der Waals surface area contributed by atoms with Crippen LogP contribution in [0.3, 0.4) is 0 Å². The molecule has 4 amide bonds. The molecule has 1 unspecified atom stereocenters. The van der Waals surface area contributed by atoms with Crippen molar-refractivity contribution in [3.8, 4) is 0 Å². The van der Waals surface area contributed by atoms with Gasteiger partial charge in [0, 0.05) is 30.1 Å². The number of pyridine rings is 1. The minimum absolute atomic E-state index is 0.0310. The van der Waals surface area contributed by atoms with Crippen molar-refractivity contribution in [3.63, 3.8) is 0 Å². The first-order chi connectivity index (χ1) is 28.7. The first-order valence-corrected chi connectivity index (χ1v) is 19.4. The van der Waals surface area contributed by atoms with Crippen LogP contribution in [0.2, 0.25) is 0 Å². The maximum Gasteiger partial charge on any atom is 0.424 e. The van der Waals surface area contributed by atoms with Gasteiger partial charge in [-0.05, 0) is 56.7 Å². The zero-order chi connectivity index (χ0) is 45.2. The van der Waals surface area contributed by atoms with E-state index in [4.69, 9.17) is 21.9 Å². The van der Waals surface area contributed by atoms with Crippen LogP contribution in [0.5, 0.6) is 0 Å². The van der Waals surface area contributed by atoms with Crippen LogP contribution < -0.4 is 22.5 Å². The predicted molar refractivity (Wildman–Crippen MR) is 218 cm³/mol. The number of hydrogen-bond donors (Lipinski definition) is 5. The van der Waals surface area contributed by atoms with E-state index in [1.807, 2.05) is 0 Å². The Bertz CT molecular complexity index is 2220. The van der Waals surface area contributed by atoms with Gasteiger partial charge >= 0.3 is 12.0 Å². The van der Waals surface area contributed by atoms with Crippen molar-refractivity contribution in [1.29, 1.82) is 0 Å². The van der Waals surface area contributed by atoms with E-state index in [-0.39, 0.29) is 29.9 Å². The molecule has 4 rings (SSSR count). The smallest absolute Gasteiger partial charge is 0.424 e. The number of ketones is 3. The first kappa shape index (κ1) is 47.3. The number of alkyl halides is 2. The van der Waals surface area contributed by atoms with Crippen LogP contribution in [0.1, 0.15) is 89.1 Å². The van der Waals surface area contributed by atoms with Crippen LogP contribution in [0.15, 0.2) is 85.5 Å². The van der Waals surface area contributed by atoms with Crippen molar-refractivity contribution < 1.29 is 47.1 Å². The average molecular weight is 845 g/mol. The van der Waals surface area contributed by atoms with E-state index in [0.29, 0.717) is 23.4 Å². The van der Waals surface area contributed by atoms with Gasteiger partial charge in [-0.2, -0.15) is 13.7 Å². The van der Waals surface area contributed by atoms with E-state index in [2.05, 4.69) is 20.3 Å². The van der Waals surface area contributed by atoms with E-state index >= 15 is 8.78 Å². The molecular formula is C43H50F2N8O8. The van der Waals surface area contributed by atoms with Crippen LogP contribution in [0.4, 0.5) is 13.6 Å². The molecule has 61 heavy (non-hydrogen) atoms. The quantitative estimate of drug-likeness (QED) is 0.0710. The van der Waals surface area contributed by atoms with Gasteiger partial charge in [0.2, 0.25) is 17.5 Å². The molecule has 324 valence electrons. The van der Waals surface area contributed by atoms with Crippen LogP contribution in [0, 0.1) is 5.92 Å². The Morgan fingerprint density at radius 1 is 0.852 bits per heavy atom. The number of imide groups is 3. The number of carbonyl (C=O) groups is 7. The number of aromatic nitrogens is 3. The van der Waals surface area contributed by atoms with Gasteiger partial charge in [-0.25, -0.2) is 9.78 Å². The number of imidazole rings is 1. The molecule has 0 saturated heterocycles. The number of amides is 4. The third-order valence-electron chi connectivity index (χ3n) is 9.66. The van der Waals surface area contributed by atoms with Gasteiger partial charge in [0.25, 0.3) is 11.8 Å². The Labute approximate surface area is 351 Å². The van der Waals surface area contributed by atoms with Crippen molar-refractivity contribution >= 4 is 41.2 Å². The van der Waals surface area contributed by atoms with Gasteiger partial charge in [-0.15, -0.1) is 0 Å². The third kappa shape index (κ3) is 11.9. The fourth-order valence-corrected chi connectivity index (χ4v) is 6.11. The minimum atomic E-state index is -4.86. The zero-order valence-electron chi connectivity index (χ0n) is 34.4. The Kier molecular flexibility index (Phi) is 15.7. The third-order valence-corrected chi connectivity index (χ3v) is 9.66. The van der Waals surface area contributed by atoms with Gasteiger partial charge in [-0.3, -0.25) is 33.8 Å². The zero-order valence-corrected chi connectivity index (χ0v) is 34.4. The molecule has 2 aromatic carbocycles. The molecule has 18 heteroatoms. The Balaban J connectivity index is 1.85. The van der Waals surface area contributed by atoms with Crippen LogP contribution in [-0.4, -0.2) is 96.7 Å². The van der Waals surface area contributed by atoms with Crippen LogP contribution in [0.25, 0.3) is 0 Å². The van der Waals surface area contributed by atoms with E-state index in [1.165, 1.54) is 33.3 Å². The molecule has 16 nitrogen and oxygen atoms in total. The van der Waals surface area contributed by atoms with Gasteiger partial charge in [0.15, 0.2) is 5.78 Å². The van der Waals surface area contributed by atoms with E-state index < -0.39 is 106 Å². The van der Waals surface area contributed by atoms with Crippen molar-refractivity contribution in [2.75, 3.05) is 0 Å². The molecule has 0 radical (unpaired) electrons. The SMILES string of the molecule is CC[C@H](C)[C@H](N)C(=O)c1c(C(=O)C(F)(F)C(=O)C(N)Cc2ccccc2)ccnc1C(=O)N(C(=O)OC(C)(C)C)C(=O)[C@H](Cc1cnc[nH]1)NC(=O)[C@@H](N)Cc1ccccc1. The van der Waals surface area contributed by atoms with E-state index in [1.54, 1.807) is 74.5 Å². The molecule has 0 spiro atoms. The highest BCUT2D eigenvalue weighted by Crippen LogP contribution is 2.29. The topological polar surface area (TPSA) is 264 Å². The summed E-state index contributed by atoms with van der Waals surface area (Å²) in [6.45, 7) is 7.48. The highest BCUT2D eigenvalue weighted by atomic mass is 19.3. The lowest BCUT2D eigenvalue weighted by Gasteiger charge is -2.29. The number of nitrogens with zero attached hydrogens (tertiary/aromatic N) is 3. The van der Waals surface area contributed by atoms with Gasteiger partial charge in [-0.1, -0.05) is 80.9 Å². The molecule has 0 bridgehead atoms. The number of H-pyrrole nitrogens is 1. The monoisotopic (exact) mass is 844 g/mol. The lowest BCUT2D eigenvalue weighted by atomic mass is 9.86. The Morgan fingerprint density at radius 2 is 1.43 bits per heavy atom. The summed E-state index contributed by atoms with van der Waals surface area (Å²) in [6.07, 6.45) is 1.22. The number of aromatic amines is 1. The Hall–Kier alpha value is -6.37. The summed E-state index contributed by atoms with van der Waals surface area (Å²) in [6, 6.07) is 10.9. The summed E-state index contributed by atoms with van der Waals surface area (Å²) in [5.74, 6) is -15.0. The molecule has 8 N–H and O–H groups in total. The molecular weight excluding hydrogens is 795 g/mol. The number of hydrogen-bond acceptors (Lipinski definition) is 13. The fraction of sp³-hybridized carbons (Fsp3) is 0.372. The molecule has 0 aliphatic rings. The van der Waals surface area contributed by atoms with Crippen molar-refractivity contribution in [2.24, 2.45) is 23.1 Å². The number of nitrogens with two attached hydrogens (primary N) is 3. The summed E-state index contributed by atoms with van der Waals surface area (Å²) in [4.78, 5) is 109. The second kappa shape index (κ2) is 20.3. The lowest BCUT2D eigenvalue weighted by Crippen LogP contribution is -2.57. The second-order valence-corrected chi connectivity index (χ2v) is 15.5. The van der Waals surface area contributed by atoms with Gasteiger partial charge < -0.3 is 32.2 Å². The fourth-order valence-electron chi connectivity index (χ4n) is 6.11. The predicted octanol–water partition coefficient (Wildman–Crippen LogP) is 3.52. The molecule has 0 aliphatic heterocycles. The number of Topliss-reactive ketones (excluding diaryl/α,β-unsaturated/α-hetero) is 3. The number of carbonyl (C=O) groups excluding carboxylic acids is 7. The number of nitrogens with one attached hydrogen (secondary N) is 2. The van der Waals surface area contributed by atoms with Crippen molar-refractivity contribution in [2.45, 2.75) is 96.0 Å². The molecule has 0 aliphatic carbocycles. The second-order valence-electron chi connectivity index (χ2n) is 15.5.